The summed E-state index contributed by atoms with van der Waals surface area (Å²) in [5, 5.41) is 0. The zero-order chi connectivity index (χ0) is 15.7. The molecule has 0 spiro atoms. The van der Waals surface area contributed by atoms with E-state index in [1.165, 1.54) is 11.9 Å². The molecule has 0 saturated heterocycles. The van der Waals surface area contributed by atoms with E-state index in [9.17, 15) is 26.3 Å². The van der Waals surface area contributed by atoms with Gasteiger partial charge >= 0.3 is 12.4 Å². The van der Waals surface area contributed by atoms with Crippen LogP contribution in [0.5, 0.6) is 0 Å². The lowest BCUT2D eigenvalue weighted by Crippen LogP contribution is -2.27. The lowest BCUT2D eigenvalue weighted by Gasteiger charge is -2.24. The predicted octanol–water partition coefficient (Wildman–Crippen LogP) is 4.45. The smallest absolute Gasteiger partial charge is 0.290 e. The van der Waals surface area contributed by atoms with E-state index in [0.29, 0.717) is 12.1 Å². The van der Waals surface area contributed by atoms with E-state index >= 15 is 0 Å². The number of halogens is 6. The summed E-state index contributed by atoms with van der Waals surface area (Å²) in [6.07, 6.45) is -9.75. The average Bonchev–Trinajstić information content (AvgIpc) is 2.25. The minimum absolute atomic E-state index is 0.280. The molecule has 0 aliphatic heterocycles. The van der Waals surface area contributed by atoms with Crippen molar-refractivity contribution in [3.05, 3.63) is 41.4 Å². The molecule has 1 rings (SSSR count). The maximum atomic E-state index is 12.8. The molecule has 0 aromatic heterocycles. The number of hydrogen-bond donors (Lipinski definition) is 0. The van der Waals surface area contributed by atoms with Crippen molar-refractivity contribution in [2.24, 2.45) is 0 Å². The van der Waals surface area contributed by atoms with Gasteiger partial charge < -0.3 is 0 Å². The van der Waals surface area contributed by atoms with Crippen LogP contribution in [0, 0.1) is 6.54 Å². The summed E-state index contributed by atoms with van der Waals surface area (Å²) in [5.41, 5.74) is -3.68. The van der Waals surface area contributed by atoms with Gasteiger partial charge in [0.05, 0.1) is 17.7 Å². The number of rotatable bonds is 3. The number of hydrogen-bond acceptors (Lipinski definition) is 1. The van der Waals surface area contributed by atoms with Crippen LogP contribution in [-0.2, 0) is 12.4 Å². The Balaban J connectivity index is 3.41. The van der Waals surface area contributed by atoms with Crippen molar-refractivity contribution in [2.45, 2.75) is 32.2 Å². The molecule has 112 valence electrons. The van der Waals surface area contributed by atoms with Crippen molar-refractivity contribution in [3.63, 3.8) is 0 Å². The van der Waals surface area contributed by atoms with E-state index in [0.717, 1.165) is 6.07 Å². The van der Waals surface area contributed by atoms with E-state index in [-0.39, 0.29) is 6.04 Å². The summed E-state index contributed by atoms with van der Waals surface area (Å²) < 4.78 is 77.1. The summed E-state index contributed by atoms with van der Waals surface area (Å²) in [6.45, 7) is 5.46. The van der Waals surface area contributed by atoms with Crippen LogP contribution in [0.4, 0.5) is 26.3 Å². The molecule has 1 aromatic carbocycles. The second-order valence-electron chi connectivity index (χ2n) is 4.54. The van der Waals surface area contributed by atoms with E-state index < -0.39 is 29.0 Å². The van der Waals surface area contributed by atoms with Gasteiger partial charge in [0.2, 0.25) is 0 Å². The third-order valence-electron chi connectivity index (χ3n) is 2.74. The maximum absolute atomic E-state index is 12.8. The topological polar surface area (TPSA) is 3.24 Å². The van der Waals surface area contributed by atoms with E-state index in [4.69, 9.17) is 0 Å². The molecule has 1 nitrogen and oxygen atoms in total. The summed E-state index contributed by atoms with van der Waals surface area (Å²) in [6, 6.07) is 1.70. The maximum Gasteiger partial charge on any atom is 0.416 e. The summed E-state index contributed by atoms with van der Waals surface area (Å²) >= 11 is 0. The molecular weight excluding hydrogens is 284 g/mol. The number of nitrogens with zero attached hydrogens (tertiary/aromatic N) is 1. The summed E-state index contributed by atoms with van der Waals surface area (Å²) in [7, 11) is 1.37. The van der Waals surface area contributed by atoms with Crippen molar-refractivity contribution in [1.29, 1.82) is 0 Å². The van der Waals surface area contributed by atoms with Gasteiger partial charge in [-0.1, -0.05) is 6.07 Å². The normalized spacial score (nSPS) is 13.3. The van der Waals surface area contributed by atoms with Crippen LogP contribution in [0.3, 0.4) is 0 Å². The first-order chi connectivity index (χ1) is 8.94. The molecule has 0 atom stereocenters. The highest BCUT2D eigenvalue weighted by atomic mass is 19.4. The van der Waals surface area contributed by atoms with Gasteiger partial charge in [0, 0.05) is 11.6 Å². The van der Waals surface area contributed by atoms with Crippen LogP contribution in [0.2, 0.25) is 0 Å². The van der Waals surface area contributed by atoms with Gasteiger partial charge in [0.25, 0.3) is 0 Å². The van der Waals surface area contributed by atoms with Gasteiger partial charge in [0.1, 0.15) is 0 Å². The fourth-order valence-corrected chi connectivity index (χ4v) is 1.45. The first-order valence-corrected chi connectivity index (χ1v) is 5.71. The quantitative estimate of drug-likeness (QED) is 0.588. The fourth-order valence-electron chi connectivity index (χ4n) is 1.45. The van der Waals surface area contributed by atoms with Gasteiger partial charge in [-0.25, -0.2) is 0 Å². The second-order valence-corrected chi connectivity index (χ2v) is 4.54. The molecule has 2 radical (unpaired) electrons. The van der Waals surface area contributed by atoms with Crippen LogP contribution < -0.4 is 0 Å². The Hall–Kier alpha value is -1.24. The molecule has 0 heterocycles. The zero-order valence-corrected chi connectivity index (χ0v) is 11.0. The minimum Gasteiger partial charge on any atom is -0.290 e. The van der Waals surface area contributed by atoms with Crippen molar-refractivity contribution >= 4 is 0 Å². The molecule has 1 aromatic rings. The van der Waals surface area contributed by atoms with Crippen molar-refractivity contribution < 1.29 is 26.3 Å². The summed E-state index contributed by atoms with van der Waals surface area (Å²) in [4.78, 5) is 1.18. The van der Waals surface area contributed by atoms with Crippen LogP contribution in [-0.4, -0.2) is 18.0 Å². The molecule has 20 heavy (non-hydrogen) atoms. The SMILES string of the molecule is CC(C)N(C)[C]c1c(C(F)(F)F)cccc1C(F)(F)F. The highest BCUT2D eigenvalue weighted by Crippen LogP contribution is 2.40. The Labute approximate surface area is 113 Å². The third kappa shape index (κ3) is 3.88. The Bertz CT molecular complexity index is 429. The van der Waals surface area contributed by atoms with Gasteiger partial charge in [-0.2, -0.15) is 26.3 Å². The van der Waals surface area contributed by atoms with Crippen LogP contribution in [0.1, 0.15) is 30.5 Å². The Morgan fingerprint density at radius 1 is 0.950 bits per heavy atom. The molecule has 0 saturated carbocycles. The number of alkyl halides is 6. The van der Waals surface area contributed by atoms with Gasteiger partial charge in [0.15, 0.2) is 0 Å². The fraction of sp³-hybridized carbons (Fsp3) is 0.462. The number of benzene rings is 1. The predicted molar refractivity (Wildman–Crippen MR) is 61.7 cm³/mol. The molecule has 7 heteroatoms. The Morgan fingerprint density at radius 2 is 1.35 bits per heavy atom. The minimum atomic E-state index is -4.87. The largest absolute Gasteiger partial charge is 0.416 e. The monoisotopic (exact) mass is 297 g/mol. The highest BCUT2D eigenvalue weighted by Gasteiger charge is 2.40. The van der Waals surface area contributed by atoms with E-state index in [2.05, 4.69) is 6.54 Å². The Morgan fingerprint density at radius 3 is 1.65 bits per heavy atom. The van der Waals surface area contributed by atoms with Gasteiger partial charge in [-0.05, 0) is 33.0 Å². The molecule has 0 unspecified atom stereocenters. The molecule has 0 bridgehead atoms. The highest BCUT2D eigenvalue weighted by molar-refractivity contribution is 5.43. The molecule has 0 N–H and O–H groups in total. The van der Waals surface area contributed by atoms with Gasteiger partial charge in [-0.3, -0.25) is 4.90 Å². The lowest BCUT2D eigenvalue weighted by atomic mass is 9.99. The van der Waals surface area contributed by atoms with Gasteiger partial charge in [-0.15, -0.1) is 0 Å². The Kier molecular flexibility index (Phi) is 4.74. The van der Waals surface area contributed by atoms with E-state index in [1.54, 1.807) is 13.8 Å². The van der Waals surface area contributed by atoms with Crippen LogP contribution >= 0.6 is 0 Å². The third-order valence-corrected chi connectivity index (χ3v) is 2.74. The van der Waals surface area contributed by atoms with Crippen LogP contribution in [0.15, 0.2) is 18.2 Å². The second kappa shape index (κ2) is 5.63. The first-order valence-electron chi connectivity index (χ1n) is 5.71. The molecule has 0 amide bonds. The van der Waals surface area contributed by atoms with Crippen molar-refractivity contribution in [2.75, 3.05) is 7.05 Å². The lowest BCUT2D eigenvalue weighted by molar-refractivity contribution is -0.144. The molecule has 0 fully saturated rings. The van der Waals surface area contributed by atoms with Crippen molar-refractivity contribution in [3.8, 4) is 0 Å². The zero-order valence-electron chi connectivity index (χ0n) is 11.0. The first kappa shape index (κ1) is 16.8. The molecular formula is C13H13F6N. The summed E-state index contributed by atoms with van der Waals surface area (Å²) in [5.74, 6) is 0. The molecule has 0 aliphatic rings. The standard InChI is InChI=1S/C13H13F6N/c1-8(2)20(3)7-9-10(12(14,15)16)5-4-6-11(9)13(17,18)19/h4-6,8H,1-3H3. The van der Waals surface area contributed by atoms with Crippen LogP contribution in [0.25, 0.3) is 0 Å². The van der Waals surface area contributed by atoms with E-state index in [1.807, 2.05) is 0 Å². The van der Waals surface area contributed by atoms with Crippen molar-refractivity contribution in [1.82, 2.24) is 4.90 Å². The average molecular weight is 297 g/mol. The molecule has 0 aliphatic carbocycles.